The fraction of sp³-hybridized carbons (Fsp3) is 0.0789. The van der Waals surface area contributed by atoms with Crippen molar-refractivity contribution in [2.75, 3.05) is 19.6 Å². The number of nitrogens with one attached hydrogen (secondary N) is 2. The van der Waals surface area contributed by atoms with Gasteiger partial charge in [0.1, 0.15) is 11.5 Å². The highest BCUT2D eigenvalue weighted by Crippen LogP contribution is 2.31. The molecule has 0 amide bonds. The van der Waals surface area contributed by atoms with Gasteiger partial charge in [-0.15, -0.1) is 0 Å². The molecule has 4 aromatic carbocycles. The van der Waals surface area contributed by atoms with Crippen molar-refractivity contribution >= 4 is 23.4 Å². The molecule has 0 saturated carbocycles. The van der Waals surface area contributed by atoms with Gasteiger partial charge < -0.3 is 15.4 Å². The van der Waals surface area contributed by atoms with E-state index in [1.165, 1.54) is 0 Å². The highest BCUT2D eigenvalue weighted by Gasteiger charge is 2.14. The molecule has 42 heavy (non-hydrogen) atoms. The molecule has 2 N–H and O–H groups in total. The molecule has 0 bridgehead atoms. The molecule has 0 aliphatic carbocycles. The summed E-state index contributed by atoms with van der Waals surface area (Å²) >= 11 is 0. The van der Waals surface area contributed by atoms with Crippen LogP contribution in [0.25, 0.3) is 17.6 Å². The molecule has 0 saturated heterocycles. The van der Waals surface area contributed by atoms with Gasteiger partial charge in [-0.1, -0.05) is 133 Å². The Kier molecular flexibility index (Phi) is 10.1. The number of ether oxygens (including phenoxy) is 1. The number of benzene rings is 4. The van der Waals surface area contributed by atoms with E-state index in [2.05, 4.69) is 53.1 Å². The van der Waals surface area contributed by atoms with Gasteiger partial charge in [0.2, 0.25) is 0 Å². The third-order valence-electron chi connectivity index (χ3n) is 6.64. The first-order valence-electron chi connectivity index (χ1n) is 14.2. The van der Waals surface area contributed by atoms with E-state index < -0.39 is 0 Å². The van der Waals surface area contributed by atoms with Gasteiger partial charge in [0.05, 0.1) is 0 Å². The number of hydrogen-bond donors (Lipinski definition) is 2. The second-order valence-corrected chi connectivity index (χ2v) is 9.76. The maximum Gasteiger partial charge on any atom is 0.187 e. The van der Waals surface area contributed by atoms with E-state index in [0.717, 1.165) is 46.0 Å². The van der Waals surface area contributed by atoms with Crippen LogP contribution in [-0.4, -0.2) is 25.4 Å². The molecule has 0 aromatic heterocycles. The van der Waals surface area contributed by atoms with E-state index in [-0.39, 0.29) is 5.78 Å². The second kappa shape index (κ2) is 15.0. The topological polar surface area (TPSA) is 50.4 Å². The van der Waals surface area contributed by atoms with Crippen molar-refractivity contribution in [3.05, 3.63) is 185 Å². The predicted molar refractivity (Wildman–Crippen MR) is 173 cm³/mol. The summed E-state index contributed by atoms with van der Waals surface area (Å²) in [6.07, 6.45) is 11.9. The largest absolute Gasteiger partial charge is 0.456 e. The first kappa shape index (κ1) is 28.3. The van der Waals surface area contributed by atoms with E-state index in [1.54, 1.807) is 6.08 Å². The molecule has 4 aromatic rings. The van der Waals surface area contributed by atoms with Crippen LogP contribution >= 0.6 is 0 Å². The summed E-state index contributed by atoms with van der Waals surface area (Å²) in [5.74, 6) is 1.62. The molecule has 0 atom stereocenters. The van der Waals surface area contributed by atoms with Crippen LogP contribution in [0.15, 0.2) is 163 Å². The molecule has 0 fully saturated rings. The van der Waals surface area contributed by atoms with Crippen molar-refractivity contribution in [3.63, 3.8) is 0 Å². The molecule has 0 radical (unpaired) electrons. The zero-order valence-corrected chi connectivity index (χ0v) is 23.4. The van der Waals surface area contributed by atoms with Crippen LogP contribution in [0.3, 0.4) is 0 Å². The lowest BCUT2D eigenvalue weighted by molar-refractivity contribution is 0.104. The average molecular weight is 551 g/mol. The van der Waals surface area contributed by atoms with Gasteiger partial charge in [-0.3, -0.25) is 4.79 Å². The van der Waals surface area contributed by atoms with E-state index in [4.69, 9.17) is 4.74 Å². The number of ketones is 1. The Balaban J connectivity index is 1.22. The summed E-state index contributed by atoms with van der Waals surface area (Å²) in [5, 5.41) is 6.89. The van der Waals surface area contributed by atoms with Gasteiger partial charge in [-0.2, -0.15) is 0 Å². The SMILES string of the molecule is O=C(/C=C(\C=C/c1ccccc1)NCCNCC=C1C=C(c2ccccc2)OC(c2ccccc2)=C1)c1ccccc1. The number of carbonyl (C=O) groups is 1. The number of carbonyl (C=O) groups excluding carboxylic acids is 1. The monoisotopic (exact) mass is 550 g/mol. The van der Waals surface area contributed by atoms with Gasteiger partial charge in [0.15, 0.2) is 5.78 Å². The molecule has 4 nitrogen and oxygen atoms in total. The number of hydrogen-bond acceptors (Lipinski definition) is 4. The van der Waals surface area contributed by atoms with Crippen molar-refractivity contribution in [1.82, 2.24) is 10.6 Å². The van der Waals surface area contributed by atoms with Crippen molar-refractivity contribution < 1.29 is 9.53 Å². The summed E-state index contributed by atoms with van der Waals surface area (Å²) in [6.45, 7) is 2.08. The standard InChI is InChI=1S/C38H34N2O2/c41-36(32-15-7-2-8-16-32)29-35(22-21-30-13-5-1-6-14-30)40-26-25-39-24-23-31-27-37(33-17-9-3-10-18-33)42-38(28-31)34-19-11-4-12-20-34/h1-23,27-29,39-40H,24-26H2/b22-21-,35-29+. The summed E-state index contributed by atoms with van der Waals surface area (Å²) in [5.41, 5.74) is 5.66. The van der Waals surface area contributed by atoms with Crippen molar-refractivity contribution in [2.45, 2.75) is 0 Å². The van der Waals surface area contributed by atoms with E-state index >= 15 is 0 Å². The average Bonchev–Trinajstić information content (AvgIpc) is 3.06. The van der Waals surface area contributed by atoms with Gasteiger partial charge in [0, 0.05) is 48.1 Å². The zero-order chi connectivity index (χ0) is 28.8. The first-order valence-corrected chi connectivity index (χ1v) is 14.2. The maximum absolute atomic E-state index is 12.8. The fourth-order valence-electron chi connectivity index (χ4n) is 4.45. The number of rotatable bonds is 12. The molecule has 1 aliphatic rings. The molecule has 5 rings (SSSR count). The molecule has 0 spiro atoms. The zero-order valence-electron chi connectivity index (χ0n) is 23.4. The minimum absolute atomic E-state index is 0.0324. The summed E-state index contributed by atoms with van der Waals surface area (Å²) in [4.78, 5) is 12.8. The van der Waals surface area contributed by atoms with Crippen molar-refractivity contribution in [3.8, 4) is 0 Å². The normalized spacial score (nSPS) is 13.2. The molecular weight excluding hydrogens is 516 g/mol. The second-order valence-electron chi connectivity index (χ2n) is 9.76. The Morgan fingerprint density at radius 1 is 0.667 bits per heavy atom. The molecule has 208 valence electrons. The van der Waals surface area contributed by atoms with Crippen LogP contribution in [0, 0.1) is 0 Å². The minimum atomic E-state index is -0.0324. The lowest BCUT2D eigenvalue weighted by Gasteiger charge is -2.19. The summed E-state index contributed by atoms with van der Waals surface area (Å²) in [7, 11) is 0. The lowest BCUT2D eigenvalue weighted by Crippen LogP contribution is -2.27. The van der Waals surface area contributed by atoms with Crippen LogP contribution in [0.1, 0.15) is 27.0 Å². The summed E-state index contributed by atoms with van der Waals surface area (Å²) < 4.78 is 6.29. The van der Waals surface area contributed by atoms with E-state index in [9.17, 15) is 4.79 Å². The fourth-order valence-corrected chi connectivity index (χ4v) is 4.45. The molecule has 1 aliphatic heterocycles. The summed E-state index contributed by atoms with van der Waals surface area (Å²) in [6, 6.07) is 39.7. The van der Waals surface area contributed by atoms with Crippen LogP contribution in [0.2, 0.25) is 0 Å². The van der Waals surface area contributed by atoms with Crippen molar-refractivity contribution in [1.29, 1.82) is 0 Å². The van der Waals surface area contributed by atoms with E-state index in [1.807, 2.05) is 109 Å². The van der Waals surface area contributed by atoms with Gasteiger partial charge in [-0.05, 0) is 29.4 Å². The Morgan fingerprint density at radius 2 is 1.21 bits per heavy atom. The molecular formula is C38H34N2O2. The third-order valence-corrected chi connectivity index (χ3v) is 6.64. The van der Waals surface area contributed by atoms with Gasteiger partial charge in [0.25, 0.3) is 0 Å². The highest BCUT2D eigenvalue weighted by molar-refractivity contribution is 6.05. The lowest BCUT2D eigenvalue weighted by atomic mass is 10.0. The van der Waals surface area contributed by atoms with Gasteiger partial charge in [-0.25, -0.2) is 0 Å². The van der Waals surface area contributed by atoms with E-state index in [0.29, 0.717) is 18.7 Å². The van der Waals surface area contributed by atoms with Crippen molar-refractivity contribution in [2.24, 2.45) is 0 Å². The Labute approximate surface area is 248 Å². The Hall–Kier alpha value is -5.19. The van der Waals surface area contributed by atoms with Crippen LogP contribution in [0.5, 0.6) is 0 Å². The third kappa shape index (κ3) is 8.40. The quantitative estimate of drug-likeness (QED) is 0.0822. The highest BCUT2D eigenvalue weighted by atomic mass is 16.5. The van der Waals surface area contributed by atoms with Gasteiger partial charge >= 0.3 is 0 Å². The smallest absolute Gasteiger partial charge is 0.187 e. The number of allylic oxidation sites excluding steroid dienone is 5. The Bertz CT molecular complexity index is 1540. The molecule has 4 heteroatoms. The maximum atomic E-state index is 12.8. The molecule has 0 unspecified atom stereocenters. The van der Waals surface area contributed by atoms with Crippen LogP contribution in [0.4, 0.5) is 0 Å². The Morgan fingerprint density at radius 3 is 1.81 bits per heavy atom. The predicted octanol–water partition coefficient (Wildman–Crippen LogP) is 7.68. The minimum Gasteiger partial charge on any atom is -0.456 e. The molecule has 1 heterocycles. The first-order chi connectivity index (χ1) is 20.7. The van der Waals surface area contributed by atoms with Crippen LogP contribution in [-0.2, 0) is 4.74 Å². The van der Waals surface area contributed by atoms with Crippen LogP contribution < -0.4 is 10.6 Å².